The van der Waals surface area contributed by atoms with E-state index in [1.807, 2.05) is 13.8 Å². The molecule has 6 heteroatoms. The summed E-state index contributed by atoms with van der Waals surface area (Å²) >= 11 is 0. The molecular formula is C9H11N5O. The van der Waals surface area contributed by atoms with Crippen LogP contribution in [0.1, 0.15) is 18.6 Å². The van der Waals surface area contributed by atoms with Crippen LogP contribution in [0.15, 0.2) is 12.7 Å². The van der Waals surface area contributed by atoms with E-state index in [1.165, 1.54) is 17.2 Å². The largest absolute Gasteiger partial charge is 0.382 e. The zero-order chi connectivity index (χ0) is 11.0. The highest BCUT2D eigenvalue weighted by Crippen LogP contribution is 2.15. The van der Waals surface area contributed by atoms with E-state index >= 15 is 0 Å². The zero-order valence-corrected chi connectivity index (χ0v) is 8.51. The molecule has 0 saturated heterocycles. The molecule has 15 heavy (non-hydrogen) atoms. The summed E-state index contributed by atoms with van der Waals surface area (Å²) in [5.74, 6) is 0.115. The summed E-state index contributed by atoms with van der Waals surface area (Å²) in [6, 6.07) is 0. The van der Waals surface area contributed by atoms with Crippen molar-refractivity contribution in [2.75, 3.05) is 5.73 Å². The fourth-order valence-electron chi connectivity index (χ4n) is 1.29. The highest BCUT2D eigenvalue weighted by molar-refractivity contribution is 5.92. The summed E-state index contributed by atoms with van der Waals surface area (Å²) in [6.45, 7) is 3.64. The number of nitrogens with two attached hydrogens (primary N) is 1. The third-order valence-electron chi connectivity index (χ3n) is 2.09. The summed E-state index contributed by atoms with van der Waals surface area (Å²) in [7, 11) is 0. The quantitative estimate of drug-likeness (QED) is 0.740. The van der Waals surface area contributed by atoms with Gasteiger partial charge in [-0.2, -0.15) is 0 Å². The number of hydrogen-bond acceptors (Lipinski definition) is 5. The van der Waals surface area contributed by atoms with Gasteiger partial charge in [0.25, 0.3) is 0 Å². The van der Waals surface area contributed by atoms with Crippen LogP contribution in [0.4, 0.5) is 5.82 Å². The van der Waals surface area contributed by atoms with E-state index in [0.29, 0.717) is 11.2 Å². The first-order chi connectivity index (χ1) is 7.11. The maximum atomic E-state index is 11.8. The lowest BCUT2D eigenvalue weighted by atomic mass is 10.2. The summed E-state index contributed by atoms with van der Waals surface area (Å²) in [5, 5.41) is 0. The average molecular weight is 205 g/mol. The van der Waals surface area contributed by atoms with Gasteiger partial charge in [-0.15, -0.1) is 0 Å². The Morgan fingerprint density at radius 1 is 1.40 bits per heavy atom. The number of imidazole rings is 1. The van der Waals surface area contributed by atoms with Crippen LogP contribution >= 0.6 is 0 Å². The first-order valence-electron chi connectivity index (χ1n) is 4.59. The van der Waals surface area contributed by atoms with Crippen molar-refractivity contribution in [2.24, 2.45) is 5.92 Å². The molecule has 2 rings (SSSR count). The van der Waals surface area contributed by atoms with Gasteiger partial charge in [0.2, 0.25) is 5.91 Å². The number of fused-ring (bicyclic) bond motifs is 1. The number of nitrogen functional groups attached to an aromatic ring is 1. The molecule has 0 aromatic carbocycles. The predicted molar refractivity (Wildman–Crippen MR) is 55.2 cm³/mol. The number of hydrogen-bond donors (Lipinski definition) is 1. The van der Waals surface area contributed by atoms with Gasteiger partial charge in [-0.25, -0.2) is 15.0 Å². The van der Waals surface area contributed by atoms with Crippen molar-refractivity contribution in [2.45, 2.75) is 13.8 Å². The Bertz CT molecular complexity index is 516. The molecule has 2 aromatic rings. The molecule has 78 valence electrons. The Labute approximate surface area is 86.2 Å². The minimum atomic E-state index is -0.112. The molecule has 0 bridgehead atoms. The Morgan fingerprint density at radius 2 is 2.13 bits per heavy atom. The molecule has 0 unspecified atom stereocenters. The maximum absolute atomic E-state index is 11.8. The number of anilines is 1. The van der Waals surface area contributed by atoms with Crippen LogP contribution < -0.4 is 5.73 Å². The van der Waals surface area contributed by atoms with E-state index in [2.05, 4.69) is 15.0 Å². The number of carbonyl (C=O) groups is 1. The zero-order valence-electron chi connectivity index (χ0n) is 8.51. The van der Waals surface area contributed by atoms with Crippen LogP contribution in [0, 0.1) is 5.92 Å². The number of nitrogens with zero attached hydrogens (tertiary/aromatic N) is 4. The van der Waals surface area contributed by atoms with Gasteiger partial charge < -0.3 is 5.73 Å². The molecule has 2 aromatic heterocycles. The Morgan fingerprint density at radius 3 is 2.80 bits per heavy atom. The second kappa shape index (κ2) is 3.30. The van der Waals surface area contributed by atoms with Gasteiger partial charge in [-0.1, -0.05) is 13.8 Å². The molecule has 0 aliphatic rings. The smallest absolute Gasteiger partial charge is 0.236 e. The molecule has 0 aliphatic heterocycles. The minimum absolute atomic E-state index is 0.0596. The van der Waals surface area contributed by atoms with Crippen molar-refractivity contribution in [1.29, 1.82) is 0 Å². The van der Waals surface area contributed by atoms with E-state index in [1.54, 1.807) is 0 Å². The first kappa shape index (κ1) is 9.57. The predicted octanol–water partition coefficient (Wildman–Crippen LogP) is 0.705. The van der Waals surface area contributed by atoms with Gasteiger partial charge in [-0.05, 0) is 0 Å². The van der Waals surface area contributed by atoms with Crippen LogP contribution in [0.5, 0.6) is 0 Å². The second-order valence-corrected chi connectivity index (χ2v) is 3.54. The van der Waals surface area contributed by atoms with E-state index in [9.17, 15) is 4.79 Å². The second-order valence-electron chi connectivity index (χ2n) is 3.54. The molecule has 0 aliphatic carbocycles. The molecule has 0 radical (unpaired) electrons. The Hall–Kier alpha value is -1.98. The minimum Gasteiger partial charge on any atom is -0.382 e. The Kier molecular flexibility index (Phi) is 2.11. The van der Waals surface area contributed by atoms with Crippen molar-refractivity contribution in [3.05, 3.63) is 12.7 Å². The van der Waals surface area contributed by atoms with Gasteiger partial charge in [-0.3, -0.25) is 9.36 Å². The van der Waals surface area contributed by atoms with Crippen LogP contribution in [-0.2, 0) is 0 Å². The fourth-order valence-corrected chi connectivity index (χ4v) is 1.29. The van der Waals surface area contributed by atoms with Crippen LogP contribution in [0.3, 0.4) is 0 Å². The molecule has 6 nitrogen and oxygen atoms in total. The van der Waals surface area contributed by atoms with Crippen molar-refractivity contribution in [1.82, 2.24) is 19.5 Å². The summed E-state index contributed by atoms with van der Waals surface area (Å²) in [4.78, 5) is 23.6. The van der Waals surface area contributed by atoms with Crippen LogP contribution in [-0.4, -0.2) is 25.4 Å². The standard InChI is InChI=1S/C9H11N5O/c1-5(2)9(15)14-4-13-6-7(10)11-3-12-8(6)14/h3-5H,1-2H3,(H2,10,11,12). The topological polar surface area (TPSA) is 86.7 Å². The van der Waals surface area contributed by atoms with Gasteiger partial charge in [0.1, 0.15) is 12.7 Å². The molecule has 0 amide bonds. The lowest BCUT2D eigenvalue weighted by molar-refractivity contribution is 0.0859. The van der Waals surface area contributed by atoms with Crippen molar-refractivity contribution in [3.8, 4) is 0 Å². The monoisotopic (exact) mass is 205 g/mol. The number of carbonyl (C=O) groups excluding carboxylic acids is 1. The highest BCUT2D eigenvalue weighted by atomic mass is 16.2. The molecule has 2 N–H and O–H groups in total. The molecule has 0 spiro atoms. The normalized spacial score (nSPS) is 11.1. The third-order valence-corrected chi connectivity index (χ3v) is 2.09. The van der Waals surface area contributed by atoms with Gasteiger partial charge in [0.15, 0.2) is 17.0 Å². The Balaban J connectivity index is 2.64. The van der Waals surface area contributed by atoms with Gasteiger partial charge >= 0.3 is 0 Å². The van der Waals surface area contributed by atoms with E-state index < -0.39 is 0 Å². The highest BCUT2D eigenvalue weighted by Gasteiger charge is 2.15. The lowest BCUT2D eigenvalue weighted by Gasteiger charge is -2.04. The average Bonchev–Trinajstić information content (AvgIpc) is 2.61. The van der Waals surface area contributed by atoms with Crippen LogP contribution in [0.25, 0.3) is 11.2 Å². The van der Waals surface area contributed by atoms with E-state index in [-0.39, 0.29) is 17.6 Å². The van der Waals surface area contributed by atoms with Crippen molar-refractivity contribution >= 4 is 22.9 Å². The molecule has 0 fully saturated rings. The number of aromatic nitrogens is 4. The van der Waals surface area contributed by atoms with Gasteiger partial charge in [0.05, 0.1) is 0 Å². The number of rotatable bonds is 1. The third kappa shape index (κ3) is 1.43. The molecule has 2 heterocycles. The lowest BCUT2D eigenvalue weighted by Crippen LogP contribution is -2.16. The van der Waals surface area contributed by atoms with Gasteiger partial charge in [0, 0.05) is 5.92 Å². The summed E-state index contributed by atoms with van der Waals surface area (Å²) < 4.78 is 1.40. The molecule has 0 atom stereocenters. The van der Waals surface area contributed by atoms with Crippen molar-refractivity contribution in [3.63, 3.8) is 0 Å². The maximum Gasteiger partial charge on any atom is 0.236 e. The van der Waals surface area contributed by atoms with E-state index in [4.69, 9.17) is 5.73 Å². The summed E-state index contributed by atoms with van der Waals surface area (Å²) in [5.41, 5.74) is 6.53. The first-order valence-corrected chi connectivity index (χ1v) is 4.59. The SMILES string of the molecule is CC(C)C(=O)n1cnc2c(N)ncnc21. The van der Waals surface area contributed by atoms with Crippen LogP contribution in [0.2, 0.25) is 0 Å². The van der Waals surface area contributed by atoms with E-state index in [0.717, 1.165) is 0 Å². The molecule has 0 saturated carbocycles. The summed E-state index contributed by atoms with van der Waals surface area (Å²) in [6.07, 6.45) is 2.75. The van der Waals surface area contributed by atoms with Crippen molar-refractivity contribution < 1.29 is 4.79 Å². The molecular weight excluding hydrogens is 194 g/mol. The fraction of sp³-hybridized carbons (Fsp3) is 0.333.